The van der Waals surface area contributed by atoms with Crippen molar-refractivity contribution >= 4 is 22.7 Å². The number of fused-ring (bicyclic) bond motifs is 5. The number of H-pyrrole nitrogens is 1. The van der Waals surface area contributed by atoms with Gasteiger partial charge in [-0.2, -0.15) is 0 Å². The first-order valence-electron chi connectivity index (χ1n) is 10.4. The normalized spacial score (nSPS) is 24.7. The molecule has 6 nitrogen and oxygen atoms in total. The van der Waals surface area contributed by atoms with Crippen LogP contribution in [0.4, 0.5) is 4.39 Å². The Bertz CT molecular complexity index is 1220. The second-order valence-corrected chi connectivity index (χ2v) is 8.66. The van der Waals surface area contributed by atoms with Gasteiger partial charge >= 0.3 is 0 Å². The summed E-state index contributed by atoms with van der Waals surface area (Å²) in [4.78, 5) is 30.6. The lowest BCUT2D eigenvalue weighted by molar-refractivity contribution is -0.175. The van der Waals surface area contributed by atoms with Crippen molar-refractivity contribution in [2.45, 2.75) is 38.3 Å². The molecule has 0 spiro atoms. The molecular weight excluding hydrogens is 397 g/mol. The summed E-state index contributed by atoms with van der Waals surface area (Å²) in [5.74, 6) is -1.80. The highest BCUT2D eigenvalue weighted by atomic mass is 19.1. The summed E-state index contributed by atoms with van der Waals surface area (Å²) in [6.45, 7) is 4.15. The molecule has 7 heteroatoms. The zero-order chi connectivity index (χ0) is 21.9. The highest BCUT2D eigenvalue weighted by Crippen LogP contribution is 2.50. The van der Waals surface area contributed by atoms with Gasteiger partial charge in [-0.25, -0.2) is 4.39 Å². The molecule has 2 amide bonds. The largest absolute Gasteiger partial charge is 0.468 e. The van der Waals surface area contributed by atoms with Crippen LogP contribution in [0.2, 0.25) is 0 Å². The van der Waals surface area contributed by atoms with Crippen LogP contribution in [0.3, 0.4) is 0 Å². The van der Waals surface area contributed by atoms with E-state index in [1.807, 2.05) is 38.1 Å². The number of halogens is 1. The van der Waals surface area contributed by atoms with Crippen molar-refractivity contribution in [1.82, 2.24) is 9.88 Å². The smallest absolute Gasteiger partial charge is 0.238 e. The number of carbonyl (C=O) groups excluding carboxylic acids is 2. The minimum atomic E-state index is -0.931. The van der Waals surface area contributed by atoms with Crippen molar-refractivity contribution in [1.29, 1.82) is 0 Å². The van der Waals surface area contributed by atoms with Crippen LogP contribution in [0, 0.1) is 18.7 Å². The van der Waals surface area contributed by atoms with Gasteiger partial charge < -0.3 is 20.4 Å². The number of benzene rings is 2. The Hall–Kier alpha value is -3.35. The van der Waals surface area contributed by atoms with Crippen molar-refractivity contribution in [3.8, 4) is 5.75 Å². The van der Waals surface area contributed by atoms with E-state index >= 15 is 0 Å². The molecule has 2 bridgehead atoms. The van der Waals surface area contributed by atoms with Crippen LogP contribution in [0.15, 0.2) is 42.5 Å². The lowest BCUT2D eigenvalue weighted by Crippen LogP contribution is -2.64. The van der Waals surface area contributed by atoms with Gasteiger partial charge in [0.2, 0.25) is 11.8 Å². The zero-order valence-electron chi connectivity index (χ0n) is 17.4. The third-order valence-electron chi connectivity index (χ3n) is 6.73. The highest BCUT2D eigenvalue weighted by Gasteiger charge is 2.55. The molecule has 3 atom stereocenters. The van der Waals surface area contributed by atoms with Crippen LogP contribution in [0.25, 0.3) is 10.9 Å². The van der Waals surface area contributed by atoms with E-state index in [-0.39, 0.29) is 17.6 Å². The number of hydrogen-bond acceptors (Lipinski definition) is 3. The molecule has 0 aliphatic carbocycles. The summed E-state index contributed by atoms with van der Waals surface area (Å²) in [5, 5.41) is 0.798. The Morgan fingerprint density at radius 3 is 2.87 bits per heavy atom. The van der Waals surface area contributed by atoms with Crippen molar-refractivity contribution in [2.75, 3.05) is 6.54 Å². The Balaban J connectivity index is 1.51. The Labute approximate surface area is 179 Å². The van der Waals surface area contributed by atoms with Gasteiger partial charge in [0.1, 0.15) is 17.5 Å². The van der Waals surface area contributed by atoms with Gasteiger partial charge in [0, 0.05) is 35.5 Å². The first kappa shape index (κ1) is 19.6. The van der Waals surface area contributed by atoms with E-state index < -0.39 is 17.6 Å². The zero-order valence-corrected chi connectivity index (χ0v) is 17.4. The topological polar surface area (TPSA) is 88.4 Å². The van der Waals surface area contributed by atoms with Crippen LogP contribution in [-0.2, 0) is 16.0 Å². The lowest BCUT2D eigenvalue weighted by Gasteiger charge is -2.52. The van der Waals surface area contributed by atoms with Crippen LogP contribution >= 0.6 is 0 Å². The van der Waals surface area contributed by atoms with E-state index in [0.29, 0.717) is 25.1 Å². The number of nitrogens with one attached hydrogen (secondary N) is 1. The molecule has 1 aromatic heterocycles. The summed E-state index contributed by atoms with van der Waals surface area (Å²) in [5.41, 5.74) is 8.37. The Morgan fingerprint density at radius 1 is 1.32 bits per heavy atom. The molecule has 2 aliphatic rings. The van der Waals surface area contributed by atoms with E-state index in [1.165, 1.54) is 12.1 Å². The van der Waals surface area contributed by atoms with Gasteiger partial charge in [0.05, 0.1) is 0 Å². The van der Waals surface area contributed by atoms with E-state index in [1.54, 1.807) is 11.0 Å². The maximum atomic E-state index is 13.8. The number of piperidine rings is 1. The number of carbonyl (C=O) groups is 2. The van der Waals surface area contributed by atoms with Crippen LogP contribution in [0.5, 0.6) is 5.75 Å². The molecule has 2 aliphatic heterocycles. The number of ether oxygens (including phenoxy) is 1. The van der Waals surface area contributed by atoms with Gasteiger partial charge in [-0.1, -0.05) is 18.2 Å². The molecule has 5 rings (SSSR count). The molecule has 2 aromatic carbocycles. The number of likely N-dealkylation sites (tertiary alicyclic amines) is 1. The summed E-state index contributed by atoms with van der Waals surface area (Å²) in [6, 6.07) is 12.1. The number of aromatic amines is 1. The van der Waals surface area contributed by atoms with Crippen molar-refractivity contribution < 1.29 is 18.7 Å². The molecule has 3 aromatic rings. The maximum Gasteiger partial charge on any atom is 0.238 e. The minimum Gasteiger partial charge on any atom is -0.468 e. The number of aryl methyl sites for hydroxylation is 1. The molecule has 1 fully saturated rings. The summed E-state index contributed by atoms with van der Waals surface area (Å²) >= 11 is 0. The molecular formula is C24H24FN3O3. The van der Waals surface area contributed by atoms with Crippen molar-refractivity contribution in [3.63, 3.8) is 0 Å². The molecule has 1 saturated heterocycles. The fraction of sp³-hybridized carbons (Fsp3) is 0.333. The number of amides is 2. The lowest BCUT2D eigenvalue weighted by atomic mass is 9.73. The van der Waals surface area contributed by atoms with Crippen LogP contribution < -0.4 is 10.5 Å². The average Bonchev–Trinajstić information content (AvgIpc) is 3.01. The molecule has 0 unspecified atom stereocenters. The Kier molecular flexibility index (Phi) is 4.32. The van der Waals surface area contributed by atoms with Crippen LogP contribution in [-0.4, -0.2) is 34.0 Å². The van der Waals surface area contributed by atoms with Gasteiger partial charge in [-0.3, -0.25) is 9.59 Å². The molecule has 160 valence electrons. The number of hydrogen-bond donors (Lipinski definition) is 2. The summed E-state index contributed by atoms with van der Waals surface area (Å²) < 4.78 is 20.1. The highest BCUT2D eigenvalue weighted by molar-refractivity contribution is 6.02. The molecule has 0 saturated carbocycles. The van der Waals surface area contributed by atoms with E-state index in [9.17, 15) is 14.0 Å². The van der Waals surface area contributed by atoms with Gasteiger partial charge in [-0.05, 0) is 55.7 Å². The number of para-hydroxylation sites is 1. The first-order valence-corrected chi connectivity index (χ1v) is 10.4. The molecule has 3 N–H and O–H groups in total. The first-order chi connectivity index (χ1) is 14.8. The standard InChI is InChI=1S/C24H24FN3O3/c1-13-15(17-11-14(25)7-8-19(17)27-13)9-10-28-23(30)21(22(26)29)18-12-24(28,2)31-20-6-4-3-5-16(18)20/h3-8,11,18,21,27H,9-10,12H2,1-2H3,(H2,26,29)/t18-,21-,24+/m0/s1. The van der Waals surface area contributed by atoms with Crippen LogP contribution in [0.1, 0.15) is 36.1 Å². The maximum absolute atomic E-state index is 13.8. The van der Waals surface area contributed by atoms with Gasteiger partial charge in [0.25, 0.3) is 0 Å². The van der Waals surface area contributed by atoms with E-state index in [0.717, 1.165) is 27.7 Å². The van der Waals surface area contributed by atoms with Gasteiger partial charge in [0.15, 0.2) is 5.72 Å². The third kappa shape index (κ3) is 2.99. The fourth-order valence-electron chi connectivity index (χ4n) is 5.28. The molecule has 31 heavy (non-hydrogen) atoms. The second kappa shape index (κ2) is 6.83. The summed E-state index contributed by atoms with van der Waals surface area (Å²) in [7, 11) is 0. The monoisotopic (exact) mass is 421 g/mol. The average molecular weight is 421 g/mol. The number of aromatic nitrogens is 1. The van der Waals surface area contributed by atoms with Crippen molar-refractivity contribution in [3.05, 3.63) is 65.1 Å². The van der Waals surface area contributed by atoms with E-state index in [4.69, 9.17) is 10.5 Å². The summed E-state index contributed by atoms with van der Waals surface area (Å²) in [6.07, 6.45) is 0.989. The number of rotatable bonds is 4. The minimum absolute atomic E-state index is 0.305. The third-order valence-corrected chi connectivity index (χ3v) is 6.73. The quantitative estimate of drug-likeness (QED) is 0.633. The fourth-order valence-corrected chi connectivity index (χ4v) is 5.28. The second-order valence-electron chi connectivity index (χ2n) is 8.66. The van der Waals surface area contributed by atoms with Gasteiger partial charge in [-0.15, -0.1) is 0 Å². The number of nitrogens with two attached hydrogens (primary N) is 1. The number of nitrogens with zero attached hydrogens (tertiary/aromatic N) is 1. The number of primary amides is 1. The predicted molar refractivity (Wildman–Crippen MR) is 114 cm³/mol. The Morgan fingerprint density at radius 2 is 2.10 bits per heavy atom. The van der Waals surface area contributed by atoms with Crippen molar-refractivity contribution in [2.24, 2.45) is 11.7 Å². The van der Waals surface area contributed by atoms with E-state index in [2.05, 4.69) is 4.98 Å². The molecule has 0 radical (unpaired) electrons. The predicted octanol–water partition coefficient (Wildman–Crippen LogP) is 3.38. The molecule has 3 heterocycles. The SMILES string of the molecule is Cc1[nH]c2ccc(F)cc2c1CCN1C(=O)[C@H](C(N)=O)[C@H]2C[C@@]1(C)Oc1ccccc12.